The number of pyridine rings is 1. The highest BCUT2D eigenvalue weighted by Crippen LogP contribution is 2.22. The maximum Gasteiger partial charge on any atom is 0.128 e. The predicted octanol–water partition coefficient (Wildman–Crippen LogP) is 1.71. The number of anilines is 1. The number of halogens is 1. The van der Waals surface area contributed by atoms with Crippen molar-refractivity contribution in [3.8, 4) is 0 Å². The molecule has 3 rings (SSSR count). The van der Waals surface area contributed by atoms with E-state index in [2.05, 4.69) is 22.3 Å². The van der Waals surface area contributed by atoms with Gasteiger partial charge in [0, 0.05) is 31.7 Å². The zero-order valence-electron chi connectivity index (χ0n) is 10.7. The molecule has 1 aromatic heterocycles. The number of fused-ring (bicyclic) bond motifs is 1. The summed E-state index contributed by atoms with van der Waals surface area (Å²) in [5.41, 5.74) is 2.59. The smallest absolute Gasteiger partial charge is 0.128 e. The molecule has 1 saturated heterocycles. The molecule has 3 heterocycles. The molecule has 0 bridgehead atoms. The Morgan fingerprint density at radius 3 is 2.78 bits per heavy atom. The molecule has 0 amide bonds. The molecule has 2 aliphatic rings. The van der Waals surface area contributed by atoms with Crippen LogP contribution in [-0.2, 0) is 12.8 Å². The number of nitrogens with one attached hydrogen (secondary N) is 1. The molecule has 0 saturated carbocycles. The third kappa shape index (κ3) is 2.48. The van der Waals surface area contributed by atoms with Crippen LogP contribution in [0.1, 0.15) is 24.1 Å². The van der Waals surface area contributed by atoms with Gasteiger partial charge in [-0.05, 0) is 37.4 Å². The molecule has 0 radical (unpaired) electrons. The Balaban J connectivity index is 1.79. The fourth-order valence-electron chi connectivity index (χ4n) is 2.77. The SMILES string of the molecule is FC1CCN(c2ccc3c(n2)CCNCC3)CC1. The van der Waals surface area contributed by atoms with Crippen molar-refractivity contribution in [2.75, 3.05) is 31.1 Å². The van der Waals surface area contributed by atoms with Crippen molar-refractivity contribution < 1.29 is 4.39 Å². The molecular formula is C14H20FN3. The highest BCUT2D eigenvalue weighted by atomic mass is 19.1. The third-order valence-corrected chi connectivity index (χ3v) is 3.91. The maximum absolute atomic E-state index is 13.1. The van der Waals surface area contributed by atoms with E-state index in [9.17, 15) is 4.39 Å². The van der Waals surface area contributed by atoms with Gasteiger partial charge in [-0.15, -0.1) is 0 Å². The summed E-state index contributed by atoms with van der Waals surface area (Å²) in [6.07, 6.45) is 2.73. The van der Waals surface area contributed by atoms with Gasteiger partial charge in [-0.25, -0.2) is 9.37 Å². The molecule has 0 unspecified atom stereocenters. The minimum Gasteiger partial charge on any atom is -0.356 e. The molecule has 2 aliphatic heterocycles. The lowest BCUT2D eigenvalue weighted by Gasteiger charge is -2.30. The highest BCUT2D eigenvalue weighted by molar-refractivity contribution is 5.42. The molecule has 3 nitrogen and oxygen atoms in total. The van der Waals surface area contributed by atoms with Crippen molar-refractivity contribution in [3.05, 3.63) is 23.4 Å². The summed E-state index contributed by atoms with van der Waals surface area (Å²) in [7, 11) is 0. The Bertz CT molecular complexity index is 414. The van der Waals surface area contributed by atoms with Crippen LogP contribution >= 0.6 is 0 Å². The van der Waals surface area contributed by atoms with Crippen molar-refractivity contribution in [2.24, 2.45) is 0 Å². The lowest BCUT2D eigenvalue weighted by molar-refractivity contribution is 0.276. The Morgan fingerprint density at radius 2 is 1.94 bits per heavy atom. The number of hydrogen-bond donors (Lipinski definition) is 1. The molecule has 1 N–H and O–H groups in total. The Kier molecular flexibility index (Phi) is 3.46. The van der Waals surface area contributed by atoms with E-state index in [1.165, 1.54) is 11.3 Å². The highest BCUT2D eigenvalue weighted by Gasteiger charge is 2.20. The number of nitrogens with zero attached hydrogens (tertiary/aromatic N) is 2. The lowest BCUT2D eigenvalue weighted by Crippen LogP contribution is -2.35. The van der Waals surface area contributed by atoms with E-state index in [1.54, 1.807) is 0 Å². The zero-order valence-corrected chi connectivity index (χ0v) is 10.7. The van der Waals surface area contributed by atoms with E-state index in [1.807, 2.05) is 0 Å². The summed E-state index contributed by atoms with van der Waals surface area (Å²) in [6.45, 7) is 3.65. The van der Waals surface area contributed by atoms with Gasteiger partial charge in [-0.3, -0.25) is 0 Å². The summed E-state index contributed by atoms with van der Waals surface area (Å²) in [6, 6.07) is 4.30. The average Bonchev–Trinajstić information content (AvgIpc) is 2.64. The van der Waals surface area contributed by atoms with Crippen LogP contribution in [0.4, 0.5) is 10.2 Å². The molecule has 98 valence electrons. The second-order valence-corrected chi connectivity index (χ2v) is 5.19. The van der Waals surface area contributed by atoms with E-state index in [-0.39, 0.29) is 0 Å². The molecule has 1 fully saturated rings. The summed E-state index contributed by atoms with van der Waals surface area (Å²) < 4.78 is 13.1. The van der Waals surface area contributed by atoms with Crippen LogP contribution in [0, 0.1) is 0 Å². The number of alkyl halides is 1. The first kappa shape index (κ1) is 11.9. The largest absolute Gasteiger partial charge is 0.356 e. The van der Waals surface area contributed by atoms with Crippen LogP contribution < -0.4 is 10.2 Å². The summed E-state index contributed by atoms with van der Waals surface area (Å²) in [5.74, 6) is 1.03. The van der Waals surface area contributed by atoms with E-state index >= 15 is 0 Å². The van der Waals surface area contributed by atoms with Crippen LogP contribution in [0.2, 0.25) is 0 Å². The Labute approximate surface area is 107 Å². The number of aromatic nitrogens is 1. The first-order valence-corrected chi connectivity index (χ1v) is 6.91. The van der Waals surface area contributed by atoms with Crippen molar-refractivity contribution >= 4 is 5.82 Å². The Hall–Kier alpha value is -1.16. The minimum atomic E-state index is -0.619. The maximum atomic E-state index is 13.1. The summed E-state index contributed by atoms with van der Waals surface area (Å²) in [5, 5.41) is 3.40. The fourth-order valence-corrected chi connectivity index (χ4v) is 2.77. The monoisotopic (exact) mass is 249 g/mol. The van der Waals surface area contributed by atoms with Gasteiger partial charge in [-0.2, -0.15) is 0 Å². The van der Waals surface area contributed by atoms with Crippen LogP contribution in [0.15, 0.2) is 12.1 Å². The average molecular weight is 249 g/mol. The molecule has 0 aliphatic carbocycles. The standard InChI is InChI=1S/C14H20FN3/c15-12-5-9-18(10-6-12)14-2-1-11-3-7-16-8-4-13(11)17-14/h1-2,12,16H,3-10H2. The van der Waals surface area contributed by atoms with Crippen molar-refractivity contribution in [1.82, 2.24) is 10.3 Å². The molecule has 1 aromatic rings. The van der Waals surface area contributed by atoms with E-state index in [4.69, 9.17) is 4.98 Å². The molecular weight excluding hydrogens is 229 g/mol. The third-order valence-electron chi connectivity index (χ3n) is 3.91. The number of rotatable bonds is 1. The van der Waals surface area contributed by atoms with Gasteiger partial charge in [0.1, 0.15) is 12.0 Å². The van der Waals surface area contributed by atoms with Crippen LogP contribution in [-0.4, -0.2) is 37.3 Å². The predicted molar refractivity (Wildman–Crippen MR) is 70.9 cm³/mol. The van der Waals surface area contributed by atoms with E-state index < -0.39 is 6.17 Å². The second-order valence-electron chi connectivity index (χ2n) is 5.19. The summed E-state index contributed by atoms with van der Waals surface area (Å²) in [4.78, 5) is 7.00. The lowest BCUT2D eigenvalue weighted by atomic mass is 10.1. The number of piperidine rings is 1. The molecule has 0 atom stereocenters. The molecule has 0 aromatic carbocycles. The number of hydrogen-bond acceptors (Lipinski definition) is 3. The van der Waals surface area contributed by atoms with Gasteiger partial charge in [0.15, 0.2) is 0 Å². The van der Waals surface area contributed by atoms with E-state index in [0.29, 0.717) is 12.8 Å². The van der Waals surface area contributed by atoms with Crippen LogP contribution in [0.25, 0.3) is 0 Å². The first-order chi connectivity index (χ1) is 8.83. The van der Waals surface area contributed by atoms with Crippen molar-refractivity contribution in [3.63, 3.8) is 0 Å². The Morgan fingerprint density at radius 1 is 1.17 bits per heavy atom. The van der Waals surface area contributed by atoms with Gasteiger partial charge < -0.3 is 10.2 Å². The van der Waals surface area contributed by atoms with Gasteiger partial charge in [-0.1, -0.05) is 6.07 Å². The topological polar surface area (TPSA) is 28.2 Å². The van der Waals surface area contributed by atoms with Crippen molar-refractivity contribution in [2.45, 2.75) is 31.9 Å². The van der Waals surface area contributed by atoms with Crippen LogP contribution in [0.5, 0.6) is 0 Å². The quantitative estimate of drug-likeness (QED) is 0.821. The summed E-state index contributed by atoms with van der Waals surface area (Å²) >= 11 is 0. The minimum absolute atomic E-state index is 0.619. The fraction of sp³-hybridized carbons (Fsp3) is 0.643. The zero-order chi connectivity index (χ0) is 12.4. The molecule has 4 heteroatoms. The van der Waals surface area contributed by atoms with Gasteiger partial charge in [0.25, 0.3) is 0 Å². The second kappa shape index (κ2) is 5.22. The van der Waals surface area contributed by atoms with Gasteiger partial charge in [0.05, 0.1) is 0 Å². The molecule has 0 spiro atoms. The van der Waals surface area contributed by atoms with Gasteiger partial charge in [0.2, 0.25) is 0 Å². The normalized spacial score (nSPS) is 21.5. The van der Waals surface area contributed by atoms with Crippen molar-refractivity contribution in [1.29, 1.82) is 0 Å². The first-order valence-electron chi connectivity index (χ1n) is 6.91. The van der Waals surface area contributed by atoms with E-state index in [0.717, 1.165) is 44.8 Å². The van der Waals surface area contributed by atoms with Gasteiger partial charge >= 0.3 is 0 Å². The van der Waals surface area contributed by atoms with Crippen LogP contribution in [0.3, 0.4) is 0 Å². The molecule has 18 heavy (non-hydrogen) atoms.